The van der Waals surface area contributed by atoms with Crippen molar-refractivity contribution in [2.45, 2.75) is 19.5 Å². The van der Waals surface area contributed by atoms with Gasteiger partial charge in [-0.1, -0.05) is 35.9 Å². The number of carboxylic acid groups (broad SMARTS) is 1. The van der Waals surface area contributed by atoms with Crippen molar-refractivity contribution in [3.05, 3.63) is 95.0 Å². The Morgan fingerprint density at radius 1 is 1.09 bits per heavy atom. The lowest BCUT2D eigenvalue weighted by Gasteiger charge is -2.49. The molecular weight excluding hydrogens is 428 g/mol. The Hall–Kier alpha value is -3.29. The van der Waals surface area contributed by atoms with Gasteiger partial charge in [0.25, 0.3) is 6.47 Å². The van der Waals surface area contributed by atoms with Gasteiger partial charge in [-0.05, 0) is 47.9 Å². The molecule has 2 aromatic heterocycles. The molecular formula is C24H25ClN4O3. The van der Waals surface area contributed by atoms with E-state index in [1.807, 2.05) is 54.7 Å². The summed E-state index contributed by atoms with van der Waals surface area (Å²) in [6.45, 7) is 2.39. The fraction of sp³-hybridized carbons (Fsp3) is 0.250. The summed E-state index contributed by atoms with van der Waals surface area (Å²) in [5.41, 5.74) is 2.67. The molecule has 2 N–H and O–H groups in total. The summed E-state index contributed by atoms with van der Waals surface area (Å²) in [4.78, 5) is 32.3. The van der Waals surface area contributed by atoms with Gasteiger partial charge >= 0.3 is 0 Å². The summed E-state index contributed by atoms with van der Waals surface area (Å²) in [7, 11) is 0. The molecule has 166 valence electrons. The first kappa shape index (κ1) is 23.4. The maximum atomic E-state index is 13.2. The molecule has 4 rings (SSSR count). The number of rotatable bonds is 7. The van der Waals surface area contributed by atoms with Crippen molar-refractivity contribution in [1.29, 1.82) is 0 Å². The average molecular weight is 453 g/mol. The fourth-order valence-electron chi connectivity index (χ4n) is 3.86. The lowest BCUT2D eigenvalue weighted by molar-refractivity contribution is -0.142. The number of nitrogens with one attached hydrogen (secondary N) is 1. The number of likely N-dealkylation sites (tertiary alicyclic amines) is 1. The van der Waals surface area contributed by atoms with Crippen LogP contribution in [-0.4, -0.2) is 45.4 Å². The Morgan fingerprint density at radius 2 is 1.84 bits per heavy atom. The zero-order chi connectivity index (χ0) is 22.8. The molecule has 1 saturated heterocycles. The second-order valence-electron chi connectivity index (χ2n) is 7.70. The van der Waals surface area contributed by atoms with E-state index in [-0.39, 0.29) is 12.4 Å². The Bertz CT molecular complexity index is 995. The predicted molar refractivity (Wildman–Crippen MR) is 122 cm³/mol. The smallest absolute Gasteiger partial charge is 0.290 e. The van der Waals surface area contributed by atoms with E-state index >= 15 is 0 Å². The third-order valence-corrected chi connectivity index (χ3v) is 5.53. The van der Waals surface area contributed by atoms with Crippen LogP contribution in [-0.2, 0) is 29.1 Å². The van der Waals surface area contributed by atoms with Crippen LogP contribution in [0.4, 0.5) is 0 Å². The highest BCUT2D eigenvalue weighted by Gasteiger charge is 2.48. The Balaban J connectivity index is 0.000000913. The third kappa shape index (κ3) is 6.35. The van der Waals surface area contributed by atoms with E-state index in [1.54, 1.807) is 12.4 Å². The number of aromatic nitrogens is 2. The first-order valence-corrected chi connectivity index (χ1v) is 10.5. The highest BCUT2D eigenvalue weighted by molar-refractivity contribution is 6.30. The minimum absolute atomic E-state index is 0.0699. The second-order valence-corrected chi connectivity index (χ2v) is 8.14. The van der Waals surface area contributed by atoms with Crippen molar-refractivity contribution in [3.63, 3.8) is 0 Å². The molecule has 7 nitrogen and oxygen atoms in total. The number of pyridine rings is 2. The highest BCUT2D eigenvalue weighted by atomic mass is 35.5. The normalized spacial score (nSPS) is 14.4. The highest BCUT2D eigenvalue weighted by Crippen LogP contribution is 2.36. The maximum absolute atomic E-state index is 13.2. The minimum Gasteiger partial charge on any atom is -0.483 e. The van der Waals surface area contributed by atoms with E-state index in [2.05, 4.69) is 26.3 Å². The standard InChI is InChI=1S/C23H23ClN4O.CH2O2/c24-20-8-6-18(7-9-20)12-23(22(29)27-14-21-5-1-2-11-26-21)16-28(17-23)15-19-4-3-10-25-13-19;2-1-3/h1-11,13H,12,14-17H2,(H,27,29);1H,(H,2,3). The summed E-state index contributed by atoms with van der Waals surface area (Å²) >= 11 is 6.02. The van der Waals surface area contributed by atoms with Crippen molar-refractivity contribution in [2.24, 2.45) is 5.41 Å². The Morgan fingerprint density at radius 3 is 2.47 bits per heavy atom. The molecule has 0 spiro atoms. The molecule has 1 aliphatic heterocycles. The van der Waals surface area contributed by atoms with Gasteiger partial charge < -0.3 is 10.4 Å². The van der Waals surface area contributed by atoms with Crippen LogP contribution in [0.25, 0.3) is 0 Å². The van der Waals surface area contributed by atoms with Crippen molar-refractivity contribution in [3.8, 4) is 0 Å². The molecule has 1 fully saturated rings. The maximum Gasteiger partial charge on any atom is 0.290 e. The van der Waals surface area contributed by atoms with E-state index in [4.69, 9.17) is 21.5 Å². The largest absolute Gasteiger partial charge is 0.483 e. The van der Waals surface area contributed by atoms with Crippen LogP contribution >= 0.6 is 11.6 Å². The SMILES string of the molecule is O=C(NCc1ccccn1)C1(Cc2ccc(Cl)cc2)CN(Cc2cccnc2)C1.O=CO. The predicted octanol–water partition coefficient (Wildman–Crippen LogP) is 3.19. The van der Waals surface area contributed by atoms with Crippen molar-refractivity contribution in [1.82, 2.24) is 20.2 Å². The molecule has 0 saturated carbocycles. The van der Waals surface area contributed by atoms with Gasteiger partial charge in [0.2, 0.25) is 5.91 Å². The number of carbonyl (C=O) groups excluding carboxylic acids is 1. The van der Waals surface area contributed by atoms with Gasteiger partial charge in [0, 0.05) is 43.2 Å². The molecule has 32 heavy (non-hydrogen) atoms. The summed E-state index contributed by atoms with van der Waals surface area (Å²) in [6, 6.07) is 17.5. The van der Waals surface area contributed by atoms with Crippen LogP contribution in [0.5, 0.6) is 0 Å². The first-order chi connectivity index (χ1) is 15.5. The van der Waals surface area contributed by atoms with Crippen LogP contribution in [0, 0.1) is 5.41 Å². The quantitative estimate of drug-likeness (QED) is 0.534. The summed E-state index contributed by atoms with van der Waals surface area (Å²) < 4.78 is 0. The van der Waals surface area contributed by atoms with Crippen LogP contribution in [0.3, 0.4) is 0 Å². The Labute approximate surface area is 192 Å². The van der Waals surface area contributed by atoms with Crippen LogP contribution in [0.2, 0.25) is 5.02 Å². The second kappa shape index (κ2) is 11.4. The van der Waals surface area contributed by atoms with Gasteiger partial charge in [-0.25, -0.2) is 0 Å². The van der Waals surface area contributed by atoms with E-state index < -0.39 is 5.41 Å². The van der Waals surface area contributed by atoms with Crippen molar-refractivity contribution in [2.75, 3.05) is 13.1 Å². The monoisotopic (exact) mass is 452 g/mol. The number of hydrogen-bond acceptors (Lipinski definition) is 5. The zero-order valence-electron chi connectivity index (χ0n) is 17.5. The number of benzene rings is 1. The molecule has 0 bridgehead atoms. The van der Waals surface area contributed by atoms with Gasteiger partial charge in [-0.2, -0.15) is 0 Å². The number of amides is 1. The first-order valence-electron chi connectivity index (χ1n) is 10.2. The molecule has 8 heteroatoms. The molecule has 1 aromatic carbocycles. The fourth-order valence-corrected chi connectivity index (χ4v) is 3.99. The number of hydrogen-bond donors (Lipinski definition) is 2. The molecule has 3 heterocycles. The lowest BCUT2D eigenvalue weighted by Crippen LogP contribution is -2.63. The molecule has 0 atom stereocenters. The van der Waals surface area contributed by atoms with Gasteiger partial charge in [0.15, 0.2) is 0 Å². The van der Waals surface area contributed by atoms with Gasteiger partial charge in [-0.15, -0.1) is 0 Å². The molecule has 1 aliphatic rings. The molecule has 3 aromatic rings. The molecule has 1 amide bonds. The van der Waals surface area contributed by atoms with E-state index in [9.17, 15) is 4.79 Å². The number of carbonyl (C=O) groups is 2. The molecule has 0 radical (unpaired) electrons. The van der Waals surface area contributed by atoms with Crippen molar-refractivity contribution < 1.29 is 14.7 Å². The van der Waals surface area contributed by atoms with E-state index in [1.165, 1.54) is 0 Å². The summed E-state index contributed by atoms with van der Waals surface area (Å²) in [6.07, 6.45) is 6.07. The molecule has 0 aliphatic carbocycles. The van der Waals surface area contributed by atoms with Crippen LogP contribution in [0.1, 0.15) is 16.8 Å². The topological polar surface area (TPSA) is 95.4 Å². The van der Waals surface area contributed by atoms with Crippen LogP contribution < -0.4 is 5.32 Å². The van der Waals surface area contributed by atoms with E-state index in [0.29, 0.717) is 31.1 Å². The summed E-state index contributed by atoms with van der Waals surface area (Å²) in [5, 5.41) is 10.7. The Kier molecular flexibility index (Phi) is 8.30. The lowest BCUT2D eigenvalue weighted by atomic mass is 9.73. The number of halogens is 1. The van der Waals surface area contributed by atoms with Gasteiger partial charge in [0.1, 0.15) is 0 Å². The minimum atomic E-state index is -0.454. The zero-order valence-corrected chi connectivity index (χ0v) is 18.3. The van der Waals surface area contributed by atoms with Crippen molar-refractivity contribution >= 4 is 24.0 Å². The van der Waals surface area contributed by atoms with E-state index in [0.717, 1.165) is 23.4 Å². The average Bonchev–Trinajstić information content (AvgIpc) is 2.79. The van der Waals surface area contributed by atoms with Gasteiger partial charge in [-0.3, -0.25) is 24.5 Å². The third-order valence-electron chi connectivity index (χ3n) is 5.28. The number of nitrogens with zero attached hydrogens (tertiary/aromatic N) is 3. The van der Waals surface area contributed by atoms with Gasteiger partial charge in [0.05, 0.1) is 17.7 Å². The summed E-state index contributed by atoms with van der Waals surface area (Å²) in [5.74, 6) is 0.0699. The molecule has 0 unspecified atom stereocenters. The van der Waals surface area contributed by atoms with Crippen LogP contribution in [0.15, 0.2) is 73.2 Å².